The Morgan fingerprint density at radius 3 is 2.38 bits per heavy atom. The number of benzene rings is 2. The van der Waals surface area contributed by atoms with E-state index in [-0.39, 0.29) is 29.4 Å². The molecular weight excluding hydrogens is 370 g/mol. The second kappa shape index (κ2) is 8.52. The number of carbonyl (C=O) groups excluding carboxylic acids is 1. The van der Waals surface area contributed by atoms with Crippen LogP contribution in [0.15, 0.2) is 77.7 Å². The van der Waals surface area contributed by atoms with Gasteiger partial charge in [0.05, 0.1) is 6.54 Å². The number of nitrogens with zero attached hydrogens (tertiary/aromatic N) is 2. The fraction of sp³-hybridized carbons (Fsp3) is 0.182. The zero-order valence-corrected chi connectivity index (χ0v) is 15.8. The molecule has 0 aliphatic carbocycles. The van der Waals surface area contributed by atoms with Crippen molar-refractivity contribution in [2.45, 2.75) is 6.61 Å². The van der Waals surface area contributed by atoms with E-state index in [2.05, 4.69) is 5.43 Å². The molecule has 29 heavy (non-hydrogen) atoms. The Morgan fingerprint density at radius 1 is 0.897 bits per heavy atom. The Balaban J connectivity index is 1.48. The molecule has 1 N–H and O–H groups in total. The van der Waals surface area contributed by atoms with Gasteiger partial charge in [-0.3, -0.25) is 14.3 Å². The van der Waals surface area contributed by atoms with Crippen molar-refractivity contribution in [2.24, 2.45) is 0 Å². The Morgan fingerprint density at radius 2 is 1.62 bits per heavy atom. The summed E-state index contributed by atoms with van der Waals surface area (Å²) in [6.45, 7) is 1.24. The molecule has 1 aliphatic heterocycles. The summed E-state index contributed by atoms with van der Waals surface area (Å²) >= 11 is 0. The number of rotatable bonds is 7. The van der Waals surface area contributed by atoms with E-state index in [1.165, 1.54) is 6.07 Å². The molecule has 7 heteroatoms. The molecule has 0 saturated heterocycles. The maximum absolute atomic E-state index is 13.0. The van der Waals surface area contributed by atoms with Crippen LogP contribution in [0.1, 0.15) is 16.1 Å². The third kappa shape index (κ3) is 4.24. The lowest BCUT2D eigenvalue weighted by Gasteiger charge is -2.31. The summed E-state index contributed by atoms with van der Waals surface area (Å²) in [5.74, 6) is 0.511. The number of para-hydroxylation sites is 1. The largest absolute Gasteiger partial charge is 0.492 e. The average Bonchev–Trinajstić information content (AvgIpc) is 2.76. The maximum atomic E-state index is 13.0. The van der Waals surface area contributed by atoms with E-state index in [1.807, 2.05) is 60.7 Å². The lowest BCUT2D eigenvalue weighted by molar-refractivity contribution is 0.0693. The predicted molar refractivity (Wildman–Crippen MR) is 109 cm³/mol. The number of ether oxygens (including phenoxy) is 2. The normalized spacial score (nSPS) is 12.8. The van der Waals surface area contributed by atoms with E-state index in [9.17, 15) is 9.59 Å². The number of fused-ring (bicyclic) bond motifs is 1. The van der Waals surface area contributed by atoms with E-state index in [0.717, 1.165) is 11.3 Å². The summed E-state index contributed by atoms with van der Waals surface area (Å²) in [5, 5.41) is 0. The van der Waals surface area contributed by atoms with Crippen LogP contribution in [-0.2, 0) is 6.61 Å². The van der Waals surface area contributed by atoms with Gasteiger partial charge >= 0.3 is 0 Å². The predicted octanol–water partition coefficient (Wildman–Crippen LogP) is 2.46. The van der Waals surface area contributed by atoms with E-state index < -0.39 is 0 Å². The topological polar surface area (TPSA) is 72.8 Å². The van der Waals surface area contributed by atoms with Gasteiger partial charge in [0, 0.05) is 12.3 Å². The van der Waals surface area contributed by atoms with Crippen molar-refractivity contribution in [1.29, 1.82) is 0 Å². The monoisotopic (exact) mass is 391 g/mol. The highest BCUT2D eigenvalue weighted by Gasteiger charge is 2.29. The van der Waals surface area contributed by atoms with Gasteiger partial charge in [0.1, 0.15) is 25.6 Å². The van der Waals surface area contributed by atoms with Crippen molar-refractivity contribution in [3.8, 4) is 11.5 Å². The van der Waals surface area contributed by atoms with Gasteiger partial charge in [-0.15, -0.1) is 0 Å². The molecule has 0 saturated carbocycles. The van der Waals surface area contributed by atoms with Crippen LogP contribution in [0.5, 0.6) is 11.5 Å². The molecule has 0 bridgehead atoms. The van der Waals surface area contributed by atoms with Crippen molar-refractivity contribution >= 4 is 5.91 Å². The van der Waals surface area contributed by atoms with E-state index in [0.29, 0.717) is 19.8 Å². The van der Waals surface area contributed by atoms with Gasteiger partial charge in [0.2, 0.25) is 5.43 Å². The number of nitrogens with one attached hydrogen (secondary N) is 1. The molecule has 0 fully saturated rings. The minimum atomic E-state index is -0.329. The molecule has 0 atom stereocenters. The lowest BCUT2D eigenvalue weighted by Crippen LogP contribution is -2.48. The van der Waals surface area contributed by atoms with Crippen LogP contribution in [0.4, 0.5) is 0 Å². The highest BCUT2D eigenvalue weighted by atomic mass is 16.5. The molecule has 0 spiro atoms. The zero-order valence-electron chi connectivity index (χ0n) is 15.8. The van der Waals surface area contributed by atoms with Crippen LogP contribution in [0.3, 0.4) is 0 Å². The Hall–Kier alpha value is -3.74. The van der Waals surface area contributed by atoms with Gasteiger partial charge in [-0.2, -0.15) is 0 Å². The van der Waals surface area contributed by atoms with Crippen LogP contribution in [-0.4, -0.2) is 35.3 Å². The van der Waals surface area contributed by atoms with Crippen molar-refractivity contribution in [1.82, 2.24) is 9.58 Å². The van der Waals surface area contributed by atoms with E-state index >= 15 is 0 Å². The van der Waals surface area contributed by atoms with Gasteiger partial charge in [-0.05, 0) is 17.7 Å². The van der Waals surface area contributed by atoms with Gasteiger partial charge < -0.3 is 19.8 Å². The summed E-state index contributed by atoms with van der Waals surface area (Å²) < 4.78 is 13.0. The summed E-state index contributed by atoms with van der Waals surface area (Å²) in [6, 6.07) is 20.3. The molecule has 2 aromatic carbocycles. The molecule has 1 aliphatic rings. The number of hydrogen-bond acceptors (Lipinski definition) is 5. The van der Waals surface area contributed by atoms with Crippen LogP contribution >= 0.6 is 0 Å². The smallest absolute Gasteiger partial charge is 0.278 e. The molecule has 1 amide bonds. The highest BCUT2D eigenvalue weighted by molar-refractivity contribution is 5.96. The molecule has 2 heterocycles. The third-order valence-electron chi connectivity index (χ3n) is 4.58. The SMILES string of the molecule is O=C1c2c(OCc3ccccc3)c(=O)ccn2NCN1CCOc1ccccc1. The molecule has 0 unspecified atom stereocenters. The second-order valence-electron chi connectivity index (χ2n) is 6.55. The van der Waals surface area contributed by atoms with Crippen molar-refractivity contribution < 1.29 is 14.3 Å². The van der Waals surface area contributed by atoms with Crippen molar-refractivity contribution in [3.63, 3.8) is 0 Å². The fourth-order valence-corrected chi connectivity index (χ4v) is 3.07. The standard InChI is InChI=1S/C22H21N3O4/c26-19-11-12-25-20(21(19)29-15-17-7-3-1-4-8-17)22(27)24(16-23-25)13-14-28-18-9-5-2-6-10-18/h1-12,23H,13-16H2. The summed E-state index contributed by atoms with van der Waals surface area (Å²) in [5.41, 5.74) is 3.89. The first-order valence-corrected chi connectivity index (χ1v) is 9.36. The third-order valence-corrected chi connectivity index (χ3v) is 4.58. The zero-order chi connectivity index (χ0) is 20.1. The first kappa shape index (κ1) is 18.6. The fourth-order valence-electron chi connectivity index (χ4n) is 3.07. The summed E-state index contributed by atoms with van der Waals surface area (Å²) in [4.78, 5) is 27.0. The quantitative estimate of drug-likeness (QED) is 0.670. The van der Waals surface area contributed by atoms with Crippen LogP contribution in [0, 0.1) is 0 Å². The Kier molecular flexibility index (Phi) is 5.47. The average molecular weight is 391 g/mol. The van der Waals surface area contributed by atoms with E-state index in [1.54, 1.807) is 15.8 Å². The molecule has 7 nitrogen and oxygen atoms in total. The highest BCUT2D eigenvalue weighted by Crippen LogP contribution is 2.19. The number of aromatic nitrogens is 1. The van der Waals surface area contributed by atoms with Crippen molar-refractivity contribution in [3.05, 3.63) is 94.4 Å². The molecule has 0 radical (unpaired) electrons. The lowest BCUT2D eigenvalue weighted by atomic mass is 10.2. The van der Waals surface area contributed by atoms with Gasteiger partial charge in [0.15, 0.2) is 11.4 Å². The van der Waals surface area contributed by atoms with Crippen LogP contribution < -0.4 is 20.3 Å². The first-order chi connectivity index (χ1) is 14.2. The Labute approximate surface area is 168 Å². The number of hydrogen-bond donors (Lipinski definition) is 1. The summed E-state index contributed by atoms with van der Waals surface area (Å²) in [7, 11) is 0. The summed E-state index contributed by atoms with van der Waals surface area (Å²) in [6.07, 6.45) is 1.54. The van der Waals surface area contributed by atoms with Gasteiger partial charge in [-0.1, -0.05) is 48.5 Å². The van der Waals surface area contributed by atoms with E-state index in [4.69, 9.17) is 9.47 Å². The Bertz CT molecular complexity index is 1030. The van der Waals surface area contributed by atoms with Crippen LogP contribution in [0.2, 0.25) is 0 Å². The van der Waals surface area contributed by atoms with Gasteiger partial charge in [-0.25, -0.2) is 0 Å². The molecule has 148 valence electrons. The minimum absolute atomic E-state index is 0.0440. The second-order valence-corrected chi connectivity index (χ2v) is 6.55. The van der Waals surface area contributed by atoms with Gasteiger partial charge in [0.25, 0.3) is 5.91 Å². The molecular formula is C22H21N3O4. The number of carbonyl (C=O) groups is 1. The first-order valence-electron chi connectivity index (χ1n) is 9.36. The van der Waals surface area contributed by atoms with Crippen LogP contribution in [0.25, 0.3) is 0 Å². The molecule has 1 aromatic heterocycles. The number of amides is 1. The van der Waals surface area contributed by atoms with Crippen molar-refractivity contribution in [2.75, 3.05) is 25.2 Å². The molecule has 4 rings (SSSR count). The number of pyridine rings is 1. The molecule has 3 aromatic rings. The maximum Gasteiger partial charge on any atom is 0.278 e. The minimum Gasteiger partial charge on any atom is -0.492 e.